The number of ether oxygens (including phenoxy) is 1. The molecule has 7 nitrogen and oxygen atoms in total. The normalized spacial score (nSPS) is 12.2. The fraction of sp³-hybridized carbons (Fsp3) is 0.0870. The van der Waals surface area contributed by atoms with Crippen molar-refractivity contribution in [3.63, 3.8) is 0 Å². The maximum atomic E-state index is 6.29. The lowest BCUT2D eigenvalue weighted by atomic mass is 10.1. The van der Waals surface area contributed by atoms with Crippen LogP contribution in [0.2, 0.25) is 0 Å². The lowest BCUT2D eigenvalue weighted by Crippen LogP contribution is -2.13. The van der Waals surface area contributed by atoms with Crippen LogP contribution in [0.1, 0.15) is 17.5 Å². The molecule has 5 aromatic rings. The summed E-state index contributed by atoms with van der Waals surface area (Å²) in [5.41, 5.74) is 9.04. The van der Waals surface area contributed by atoms with Gasteiger partial charge >= 0.3 is 0 Å². The minimum absolute atomic E-state index is 0.388. The van der Waals surface area contributed by atoms with Gasteiger partial charge < -0.3 is 20.0 Å². The SMILES string of the molecule is N[C@@H](Cc1ccc(Oc2ccnc3[nH]ccc23)cc1)c1nc(-c2ccccc2)no1. The highest BCUT2D eigenvalue weighted by Gasteiger charge is 2.16. The molecule has 3 heterocycles. The van der Waals surface area contributed by atoms with Gasteiger partial charge in [-0.15, -0.1) is 0 Å². The van der Waals surface area contributed by atoms with Gasteiger partial charge in [0.15, 0.2) is 0 Å². The summed E-state index contributed by atoms with van der Waals surface area (Å²) in [5, 5.41) is 4.98. The second kappa shape index (κ2) is 7.81. The molecule has 0 saturated carbocycles. The van der Waals surface area contributed by atoms with Crippen LogP contribution >= 0.6 is 0 Å². The molecule has 0 fully saturated rings. The van der Waals surface area contributed by atoms with E-state index in [0.29, 0.717) is 18.1 Å². The molecule has 0 aliphatic heterocycles. The van der Waals surface area contributed by atoms with Crippen LogP contribution in [0.25, 0.3) is 22.4 Å². The van der Waals surface area contributed by atoms with Crippen molar-refractivity contribution in [2.45, 2.75) is 12.5 Å². The third-order valence-electron chi connectivity index (χ3n) is 4.82. The monoisotopic (exact) mass is 397 g/mol. The number of benzene rings is 2. The molecule has 5 rings (SSSR count). The standard InChI is InChI=1S/C23H19N5O2/c24-19(23-27-21(28-30-23)16-4-2-1-3-5-16)14-15-6-8-17(9-7-15)29-20-11-13-26-22-18(20)10-12-25-22/h1-13,19H,14,24H2,(H,25,26)/t19-/m0/s1. The molecular formula is C23H19N5O2. The van der Waals surface area contributed by atoms with Crippen molar-refractivity contribution in [3.05, 3.63) is 90.6 Å². The molecule has 0 spiro atoms. The minimum atomic E-state index is -0.388. The van der Waals surface area contributed by atoms with Crippen LogP contribution < -0.4 is 10.5 Å². The van der Waals surface area contributed by atoms with Crippen LogP contribution in [0.4, 0.5) is 0 Å². The molecule has 0 bridgehead atoms. The molecule has 3 aromatic heterocycles. The summed E-state index contributed by atoms with van der Waals surface area (Å²) in [7, 11) is 0. The fourth-order valence-electron chi connectivity index (χ4n) is 3.28. The number of nitrogens with one attached hydrogen (secondary N) is 1. The number of hydrogen-bond donors (Lipinski definition) is 2. The molecular weight excluding hydrogens is 378 g/mol. The summed E-state index contributed by atoms with van der Waals surface area (Å²) in [6.45, 7) is 0. The van der Waals surface area contributed by atoms with Gasteiger partial charge in [0.05, 0.1) is 11.4 Å². The molecule has 148 valence electrons. The first-order chi connectivity index (χ1) is 14.8. The van der Waals surface area contributed by atoms with E-state index in [-0.39, 0.29) is 6.04 Å². The maximum Gasteiger partial charge on any atom is 0.244 e. The summed E-state index contributed by atoms with van der Waals surface area (Å²) in [6.07, 6.45) is 4.14. The number of pyridine rings is 1. The van der Waals surface area contributed by atoms with E-state index in [4.69, 9.17) is 15.0 Å². The van der Waals surface area contributed by atoms with Gasteiger partial charge in [-0.25, -0.2) is 4.98 Å². The van der Waals surface area contributed by atoms with Crippen LogP contribution in [0, 0.1) is 0 Å². The zero-order valence-electron chi connectivity index (χ0n) is 16.0. The number of aromatic amines is 1. The first kappa shape index (κ1) is 18.1. The molecule has 30 heavy (non-hydrogen) atoms. The molecule has 2 aromatic carbocycles. The molecule has 1 atom stereocenters. The van der Waals surface area contributed by atoms with Crippen LogP contribution in [-0.2, 0) is 6.42 Å². The van der Waals surface area contributed by atoms with Gasteiger partial charge in [-0.1, -0.05) is 47.6 Å². The van der Waals surface area contributed by atoms with Crippen molar-refractivity contribution in [2.24, 2.45) is 5.73 Å². The highest BCUT2D eigenvalue weighted by Crippen LogP contribution is 2.29. The van der Waals surface area contributed by atoms with E-state index < -0.39 is 0 Å². The van der Waals surface area contributed by atoms with Gasteiger partial charge in [-0.3, -0.25) is 0 Å². The quantitative estimate of drug-likeness (QED) is 0.432. The highest BCUT2D eigenvalue weighted by molar-refractivity contribution is 5.82. The van der Waals surface area contributed by atoms with E-state index in [1.165, 1.54) is 0 Å². The number of H-pyrrole nitrogens is 1. The molecule has 0 radical (unpaired) electrons. The Labute approximate surface area is 172 Å². The van der Waals surface area contributed by atoms with E-state index in [1.807, 2.05) is 72.9 Å². The summed E-state index contributed by atoms with van der Waals surface area (Å²) in [6, 6.07) is 20.9. The predicted octanol–water partition coefficient (Wildman–Crippen LogP) is 4.65. The zero-order valence-corrected chi connectivity index (χ0v) is 16.0. The van der Waals surface area contributed by atoms with Crippen molar-refractivity contribution in [1.82, 2.24) is 20.1 Å². The Morgan fingerprint density at radius 1 is 1.00 bits per heavy atom. The maximum absolute atomic E-state index is 6.29. The van der Waals surface area contributed by atoms with Crippen molar-refractivity contribution >= 4 is 11.0 Å². The number of fused-ring (bicyclic) bond motifs is 1. The van der Waals surface area contributed by atoms with Crippen molar-refractivity contribution < 1.29 is 9.26 Å². The molecule has 0 aliphatic carbocycles. The van der Waals surface area contributed by atoms with Gasteiger partial charge in [-0.05, 0) is 36.2 Å². The third kappa shape index (κ3) is 3.66. The third-order valence-corrected chi connectivity index (χ3v) is 4.82. The van der Waals surface area contributed by atoms with Gasteiger partial charge in [0.1, 0.15) is 17.1 Å². The summed E-state index contributed by atoms with van der Waals surface area (Å²) in [4.78, 5) is 11.8. The van der Waals surface area contributed by atoms with E-state index in [2.05, 4.69) is 20.1 Å². The van der Waals surface area contributed by atoms with Crippen LogP contribution in [0.5, 0.6) is 11.5 Å². The smallest absolute Gasteiger partial charge is 0.244 e. The number of aromatic nitrogens is 4. The predicted molar refractivity (Wildman–Crippen MR) is 113 cm³/mol. The molecule has 0 aliphatic rings. The Kier molecular flexibility index (Phi) is 4.71. The topological polar surface area (TPSA) is 103 Å². The molecule has 3 N–H and O–H groups in total. The fourth-order valence-corrected chi connectivity index (χ4v) is 3.28. The summed E-state index contributed by atoms with van der Waals surface area (Å²) < 4.78 is 11.4. The molecule has 0 saturated heterocycles. The van der Waals surface area contributed by atoms with Crippen LogP contribution in [0.15, 0.2) is 83.6 Å². The average Bonchev–Trinajstić information content (AvgIpc) is 3.46. The van der Waals surface area contributed by atoms with E-state index in [1.54, 1.807) is 6.20 Å². The largest absolute Gasteiger partial charge is 0.457 e. The van der Waals surface area contributed by atoms with Crippen LogP contribution in [-0.4, -0.2) is 20.1 Å². The van der Waals surface area contributed by atoms with E-state index in [0.717, 1.165) is 33.7 Å². The van der Waals surface area contributed by atoms with Crippen molar-refractivity contribution in [2.75, 3.05) is 0 Å². The number of rotatable bonds is 6. The minimum Gasteiger partial charge on any atom is -0.457 e. The highest BCUT2D eigenvalue weighted by atomic mass is 16.5. The Hall–Kier alpha value is -3.97. The molecule has 0 amide bonds. The van der Waals surface area contributed by atoms with Crippen molar-refractivity contribution in [3.8, 4) is 22.9 Å². The Morgan fingerprint density at radius 3 is 2.67 bits per heavy atom. The molecule has 7 heteroatoms. The average molecular weight is 397 g/mol. The first-order valence-electron chi connectivity index (χ1n) is 9.60. The Bertz CT molecular complexity index is 1260. The molecule has 0 unspecified atom stereocenters. The van der Waals surface area contributed by atoms with Gasteiger partial charge in [0.25, 0.3) is 0 Å². The summed E-state index contributed by atoms with van der Waals surface area (Å²) >= 11 is 0. The van der Waals surface area contributed by atoms with Gasteiger partial charge in [0, 0.05) is 18.0 Å². The Balaban J connectivity index is 1.27. The lowest BCUT2D eigenvalue weighted by Gasteiger charge is -2.09. The van der Waals surface area contributed by atoms with E-state index in [9.17, 15) is 0 Å². The van der Waals surface area contributed by atoms with Gasteiger partial charge in [0.2, 0.25) is 11.7 Å². The van der Waals surface area contributed by atoms with E-state index >= 15 is 0 Å². The number of nitrogens with two attached hydrogens (primary N) is 1. The number of hydrogen-bond acceptors (Lipinski definition) is 6. The Morgan fingerprint density at radius 2 is 1.83 bits per heavy atom. The second-order valence-electron chi connectivity index (χ2n) is 6.93. The number of nitrogens with zero attached hydrogens (tertiary/aromatic N) is 3. The zero-order chi connectivity index (χ0) is 20.3. The summed E-state index contributed by atoms with van der Waals surface area (Å²) in [5.74, 6) is 2.45. The second-order valence-corrected chi connectivity index (χ2v) is 6.93. The van der Waals surface area contributed by atoms with Gasteiger partial charge in [-0.2, -0.15) is 4.98 Å². The van der Waals surface area contributed by atoms with Crippen molar-refractivity contribution in [1.29, 1.82) is 0 Å². The lowest BCUT2D eigenvalue weighted by molar-refractivity contribution is 0.354. The first-order valence-corrected chi connectivity index (χ1v) is 9.60. The van der Waals surface area contributed by atoms with Crippen LogP contribution in [0.3, 0.4) is 0 Å².